The van der Waals surface area contributed by atoms with E-state index in [2.05, 4.69) is 22.7 Å². The van der Waals surface area contributed by atoms with E-state index in [0.29, 0.717) is 6.54 Å². The quantitative estimate of drug-likeness (QED) is 0.842. The summed E-state index contributed by atoms with van der Waals surface area (Å²) in [4.78, 5) is 12.9. The maximum atomic E-state index is 12.9. The minimum absolute atomic E-state index is 0.00792. The highest BCUT2D eigenvalue weighted by molar-refractivity contribution is 5.81. The summed E-state index contributed by atoms with van der Waals surface area (Å²) < 4.78 is 6.99. The van der Waals surface area contributed by atoms with E-state index in [0.717, 1.165) is 29.8 Å². The largest absolute Gasteiger partial charge is 0.497 e. The van der Waals surface area contributed by atoms with E-state index >= 15 is 0 Å². The zero-order valence-electron chi connectivity index (χ0n) is 15.0. The molecule has 0 radical (unpaired) electrons. The molecule has 1 aromatic heterocycles. The highest BCUT2D eigenvalue weighted by Gasteiger charge is 2.35. The Kier molecular flexibility index (Phi) is 5.38. The number of benzene rings is 1. The number of methoxy groups -OCH3 is 1. The van der Waals surface area contributed by atoms with Crippen LogP contribution in [0.5, 0.6) is 5.75 Å². The second-order valence-corrected chi connectivity index (χ2v) is 6.56. The SMILES string of the molecule is CCC(NC(=O)[C@H]1CNC[C@@H]1c1cnn(C)c1)c1ccc(OC)cc1. The summed E-state index contributed by atoms with van der Waals surface area (Å²) in [5.74, 6) is 1.02. The highest BCUT2D eigenvalue weighted by atomic mass is 16.5. The third-order valence-electron chi connectivity index (χ3n) is 4.95. The summed E-state index contributed by atoms with van der Waals surface area (Å²) in [6.45, 7) is 3.59. The second kappa shape index (κ2) is 7.70. The number of nitrogens with one attached hydrogen (secondary N) is 2. The Morgan fingerprint density at radius 1 is 1.40 bits per heavy atom. The number of carbonyl (C=O) groups is 1. The number of amides is 1. The van der Waals surface area contributed by atoms with Gasteiger partial charge in [-0.05, 0) is 29.7 Å². The van der Waals surface area contributed by atoms with Crippen molar-refractivity contribution < 1.29 is 9.53 Å². The van der Waals surface area contributed by atoms with Gasteiger partial charge in [0.25, 0.3) is 0 Å². The first kappa shape index (κ1) is 17.5. The smallest absolute Gasteiger partial charge is 0.225 e. The molecule has 1 amide bonds. The first-order valence-electron chi connectivity index (χ1n) is 8.76. The number of hydrogen-bond acceptors (Lipinski definition) is 4. The third-order valence-corrected chi connectivity index (χ3v) is 4.95. The van der Waals surface area contributed by atoms with Crippen LogP contribution in [0.3, 0.4) is 0 Å². The summed E-state index contributed by atoms with van der Waals surface area (Å²) in [5.41, 5.74) is 2.21. The lowest BCUT2D eigenvalue weighted by molar-refractivity contribution is -0.125. The molecule has 1 fully saturated rings. The molecule has 1 aliphatic rings. The van der Waals surface area contributed by atoms with Gasteiger partial charge in [0.1, 0.15) is 5.75 Å². The molecule has 3 atom stereocenters. The molecule has 0 aliphatic carbocycles. The van der Waals surface area contributed by atoms with Crippen LogP contribution in [0.15, 0.2) is 36.7 Å². The van der Waals surface area contributed by atoms with Crippen molar-refractivity contribution in [3.63, 3.8) is 0 Å². The Morgan fingerprint density at radius 3 is 2.76 bits per heavy atom. The van der Waals surface area contributed by atoms with Gasteiger partial charge in [0, 0.05) is 32.3 Å². The van der Waals surface area contributed by atoms with E-state index in [9.17, 15) is 4.79 Å². The first-order valence-corrected chi connectivity index (χ1v) is 8.76. The fourth-order valence-corrected chi connectivity index (χ4v) is 3.47. The van der Waals surface area contributed by atoms with Crippen molar-refractivity contribution in [2.45, 2.75) is 25.3 Å². The lowest BCUT2D eigenvalue weighted by Gasteiger charge is -2.22. The van der Waals surface area contributed by atoms with E-state index in [-0.39, 0.29) is 23.8 Å². The van der Waals surface area contributed by atoms with E-state index in [1.54, 1.807) is 11.8 Å². The number of nitrogens with zero attached hydrogens (tertiary/aromatic N) is 2. The van der Waals surface area contributed by atoms with Crippen molar-refractivity contribution in [1.29, 1.82) is 0 Å². The minimum Gasteiger partial charge on any atom is -0.497 e. The number of ether oxygens (including phenoxy) is 1. The zero-order chi connectivity index (χ0) is 17.8. The molecular formula is C19H26N4O2. The standard InChI is InChI=1S/C19H26N4O2/c1-4-18(13-5-7-15(25-3)8-6-13)22-19(24)17-11-20-10-16(17)14-9-21-23(2)12-14/h5-9,12,16-18,20H,4,10-11H2,1-3H3,(H,22,24)/t16-,17+,18?/m1/s1. The molecule has 2 N–H and O–H groups in total. The molecule has 2 heterocycles. The summed E-state index contributed by atoms with van der Waals surface area (Å²) in [6, 6.07) is 7.89. The molecule has 0 bridgehead atoms. The molecule has 1 saturated heterocycles. The van der Waals surface area contributed by atoms with Crippen LogP contribution < -0.4 is 15.4 Å². The summed E-state index contributed by atoms with van der Waals surface area (Å²) >= 11 is 0. The average Bonchev–Trinajstić information content (AvgIpc) is 3.28. The molecule has 1 aliphatic heterocycles. The monoisotopic (exact) mass is 342 g/mol. The van der Waals surface area contributed by atoms with Crippen molar-refractivity contribution in [3.05, 3.63) is 47.8 Å². The van der Waals surface area contributed by atoms with Gasteiger partial charge >= 0.3 is 0 Å². The van der Waals surface area contributed by atoms with Crippen LogP contribution in [-0.4, -0.2) is 35.9 Å². The Morgan fingerprint density at radius 2 is 2.16 bits per heavy atom. The van der Waals surface area contributed by atoms with Crippen LogP contribution in [0, 0.1) is 5.92 Å². The predicted molar refractivity (Wildman–Crippen MR) is 96.5 cm³/mol. The molecule has 134 valence electrons. The highest BCUT2D eigenvalue weighted by Crippen LogP contribution is 2.29. The Labute approximate surface area is 148 Å². The number of aromatic nitrogens is 2. The van der Waals surface area contributed by atoms with E-state index in [1.807, 2.05) is 43.7 Å². The van der Waals surface area contributed by atoms with Gasteiger partial charge in [-0.3, -0.25) is 9.48 Å². The predicted octanol–water partition coefficient (Wildman–Crippen LogP) is 2.00. The first-order chi connectivity index (χ1) is 12.1. The molecule has 25 heavy (non-hydrogen) atoms. The fraction of sp³-hybridized carbons (Fsp3) is 0.474. The van der Waals surface area contributed by atoms with Crippen molar-refractivity contribution >= 4 is 5.91 Å². The van der Waals surface area contributed by atoms with Crippen LogP contribution in [0.4, 0.5) is 0 Å². The van der Waals surface area contributed by atoms with Gasteiger partial charge in [-0.25, -0.2) is 0 Å². The molecule has 1 unspecified atom stereocenters. The van der Waals surface area contributed by atoms with Gasteiger partial charge in [-0.1, -0.05) is 19.1 Å². The number of carbonyl (C=O) groups excluding carboxylic acids is 1. The maximum Gasteiger partial charge on any atom is 0.225 e. The number of rotatable bonds is 6. The molecule has 3 rings (SSSR count). The normalized spacial score (nSPS) is 21.1. The molecule has 1 aromatic carbocycles. The molecule has 6 nitrogen and oxygen atoms in total. The summed E-state index contributed by atoms with van der Waals surface area (Å²) in [5, 5.41) is 10.8. The Hall–Kier alpha value is -2.34. The van der Waals surface area contributed by atoms with Crippen molar-refractivity contribution in [1.82, 2.24) is 20.4 Å². The van der Waals surface area contributed by atoms with Crippen LogP contribution in [-0.2, 0) is 11.8 Å². The summed E-state index contributed by atoms with van der Waals surface area (Å²) in [7, 11) is 3.55. The minimum atomic E-state index is -0.0727. The molecular weight excluding hydrogens is 316 g/mol. The Bertz CT molecular complexity index is 710. The van der Waals surface area contributed by atoms with E-state index in [4.69, 9.17) is 4.74 Å². The Balaban J connectivity index is 1.70. The van der Waals surface area contributed by atoms with Gasteiger partial charge in [0.15, 0.2) is 0 Å². The average molecular weight is 342 g/mol. The van der Waals surface area contributed by atoms with Crippen molar-refractivity contribution in [3.8, 4) is 5.75 Å². The topological polar surface area (TPSA) is 68.2 Å². The molecule has 2 aromatic rings. The van der Waals surface area contributed by atoms with Crippen LogP contribution in [0.1, 0.15) is 36.4 Å². The molecule has 0 spiro atoms. The summed E-state index contributed by atoms with van der Waals surface area (Å²) in [6.07, 6.45) is 4.70. The molecule has 6 heteroatoms. The van der Waals surface area contributed by atoms with E-state index in [1.165, 1.54) is 0 Å². The fourth-order valence-electron chi connectivity index (χ4n) is 3.47. The second-order valence-electron chi connectivity index (χ2n) is 6.56. The zero-order valence-corrected chi connectivity index (χ0v) is 15.0. The van der Waals surface area contributed by atoms with Crippen LogP contribution >= 0.6 is 0 Å². The maximum absolute atomic E-state index is 12.9. The molecule has 0 saturated carbocycles. The van der Waals surface area contributed by atoms with Gasteiger partial charge in [-0.2, -0.15) is 5.10 Å². The van der Waals surface area contributed by atoms with Crippen molar-refractivity contribution in [2.24, 2.45) is 13.0 Å². The van der Waals surface area contributed by atoms with E-state index < -0.39 is 0 Å². The van der Waals surface area contributed by atoms with Crippen molar-refractivity contribution in [2.75, 3.05) is 20.2 Å². The number of aryl methyl sites for hydroxylation is 1. The van der Waals surface area contributed by atoms with Gasteiger partial charge in [0.05, 0.1) is 25.3 Å². The van der Waals surface area contributed by atoms with Gasteiger partial charge < -0.3 is 15.4 Å². The van der Waals surface area contributed by atoms with Crippen LogP contribution in [0.2, 0.25) is 0 Å². The lowest BCUT2D eigenvalue weighted by Crippen LogP contribution is -2.36. The number of hydrogen-bond donors (Lipinski definition) is 2. The van der Waals surface area contributed by atoms with Crippen LogP contribution in [0.25, 0.3) is 0 Å². The van der Waals surface area contributed by atoms with Gasteiger partial charge in [-0.15, -0.1) is 0 Å². The lowest BCUT2D eigenvalue weighted by atomic mass is 9.89. The van der Waals surface area contributed by atoms with Gasteiger partial charge in [0.2, 0.25) is 5.91 Å². The third kappa shape index (κ3) is 3.85.